The maximum Gasteiger partial charge on any atom is 0.162 e. The summed E-state index contributed by atoms with van der Waals surface area (Å²) in [7, 11) is 1.57. The third-order valence-electron chi connectivity index (χ3n) is 4.97. The summed E-state index contributed by atoms with van der Waals surface area (Å²) in [5.41, 5.74) is 4.83. The van der Waals surface area contributed by atoms with Crippen LogP contribution in [0.3, 0.4) is 0 Å². The van der Waals surface area contributed by atoms with E-state index >= 15 is 0 Å². The van der Waals surface area contributed by atoms with Gasteiger partial charge in [0.05, 0.1) is 33.8 Å². The maximum absolute atomic E-state index is 9.77. The van der Waals surface area contributed by atoms with Gasteiger partial charge >= 0.3 is 0 Å². The van der Waals surface area contributed by atoms with Crippen LogP contribution in [0.25, 0.3) is 22.7 Å². The fraction of sp³-hybridized carbons (Fsp3) is 0.120. The topological polar surface area (TPSA) is 70.9 Å². The maximum atomic E-state index is 9.77. The highest BCUT2D eigenvalue weighted by Crippen LogP contribution is 2.36. The Morgan fingerprint density at radius 2 is 1.94 bits per heavy atom. The number of aromatic amines is 1. The molecule has 4 aromatic rings. The van der Waals surface area contributed by atoms with E-state index in [0.29, 0.717) is 32.9 Å². The summed E-state index contributed by atoms with van der Waals surface area (Å²) in [4.78, 5) is 7.77. The number of hydrogen-bond donors (Lipinski definition) is 1. The van der Waals surface area contributed by atoms with Crippen LogP contribution in [0.1, 0.15) is 22.5 Å². The highest BCUT2D eigenvalue weighted by Gasteiger charge is 2.13. The van der Waals surface area contributed by atoms with Gasteiger partial charge in [-0.1, -0.05) is 51.3 Å². The summed E-state index contributed by atoms with van der Waals surface area (Å²) >= 11 is 15.6. The Bertz CT molecular complexity index is 1420. The smallest absolute Gasteiger partial charge is 0.162 e. The number of allylic oxidation sites excluding steroid dienone is 1. The first-order valence-corrected chi connectivity index (χ1v) is 11.5. The van der Waals surface area contributed by atoms with Gasteiger partial charge in [-0.05, 0) is 66.1 Å². The average molecular weight is 543 g/mol. The summed E-state index contributed by atoms with van der Waals surface area (Å²) < 4.78 is 12.2. The second-order valence-corrected chi connectivity index (χ2v) is 9.01. The molecule has 0 atom stereocenters. The van der Waals surface area contributed by atoms with Gasteiger partial charge in [-0.25, -0.2) is 4.98 Å². The molecule has 0 radical (unpaired) electrons. The van der Waals surface area contributed by atoms with Crippen molar-refractivity contribution in [3.8, 4) is 17.6 Å². The number of benzene rings is 3. The fourth-order valence-corrected chi connectivity index (χ4v) is 4.04. The zero-order chi connectivity index (χ0) is 23.5. The highest BCUT2D eigenvalue weighted by atomic mass is 79.9. The van der Waals surface area contributed by atoms with Crippen LogP contribution >= 0.6 is 39.1 Å². The number of hydrogen-bond acceptors (Lipinski definition) is 4. The minimum atomic E-state index is 0.288. The van der Waals surface area contributed by atoms with Crippen LogP contribution in [0.5, 0.6) is 11.5 Å². The minimum absolute atomic E-state index is 0.288. The SMILES string of the molecule is COc1cc(/C=C(/C#N)c2nc3ccc(C)cc3[nH]2)c(Br)cc1OCc1ccc(Cl)c(Cl)c1. The molecule has 8 heteroatoms. The average Bonchev–Trinajstić information content (AvgIpc) is 3.22. The van der Waals surface area contributed by atoms with Crippen LogP contribution in [0.4, 0.5) is 0 Å². The first kappa shape index (κ1) is 23.2. The van der Waals surface area contributed by atoms with Crippen molar-refractivity contribution in [2.75, 3.05) is 7.11 Å². The molecule has 0 unspecified atom stereocenters. The molecular weight excluding hydrogens is 525 g/mol. The first-order chi connectivity index (χ1) is 15.9. The van der Waals surface area contributed by atoms with Gasteiger partial charge in [-0.2, -0.15) is 5.26 Å². The number of imidazole rings is 1. The number of fused-ring (bicyclic) bond motifs is 1. The number of nitriles is 1. The fourth-order valence-electron chi connectivity index (χ4n) is 3.28. The van der Waals surface area contributed by atoms with Gasteiger partial charge in [0.15, 0.2) is 11.5 Å². The minimum Gasteiger partial charge on any atom is -0.493 e. The van der Waals surface area contributed by atoms with E-state index < -0.39 is 0 Å². The van der Waals surface area contributed by atoms with E-state index in [1.807, 2.05) is 31.2 Å². The summed E-state index contributed by atoms with van der Waals surface area (Å²) in [6.07, 6.45) is 1.75. The van der Waals surface area contributed by atoms with Crippen molar-refractivity contribution in [1.82, 2.24) is 9.97 Å². The summed E-state index contributed by atoms with van der Waals surface area (Å²) in [6.45, 7) is 2.30. The Morgan fingerprint density at radius 3 is 2.67 bits per heavy atom. The number of rotatable bonds is 6. The predicted molar refractivity (Wildman–Crippen MR) is 136 cm³/mol. The Hall–Kier alpha value is -2.98. The molecule has 33 heavy (non-hydrogen) atoms. The molecule has 3 aromatic carbocycles. The Labute approximate surface area is 209 Å². The molecule has 0 aliphatic carbocycles. The second kappa shape index (κ2) is 9.88. The summed E-state index contributed by atoms with van der Waals surface area (Å²) in [5, 5.41) is 10.7. The lowest BCUT2D eigenvalue weighted by Crippen LogP contribution is -1.99. The molecule has 4 rings (SSSR count). The van der Waals surface area contributed by atoms with Gasteiger partial charge in [0.1, 0.15) is 18.5 Å². The van der Waals surface area contributed by atoms with Crippen molar-refractivity contribution in [2.24, 2.45) is 0 Å². The third kappa shape index (κ3) is 5.17. The van der Waals surface area contributed by atoms with Gasteiger partial charge in [-0.15, -0.1) is 0 Å². The largest absolute Gasteiger partial charge is 0.493 e. The van der Waals surface area contributed by atoms with E-state index in [0.717, 1.165) is 32.2 Å². The van der Waals surface area contributed by atoms with Crippen LogP contribution in [-0.2, 0) is 6.61 Å². The first-order valence-electron chi connectivity index (χ1n) is 9.90. The lowest BCUT2D eigenvalue weighted by Gasteiger charge is -2.13. The second-order valence-electron chi connectivity index (χ2n) is 7.34. The van der Waals surface area contributed by atoms with Crippen LogP contribution in [0.15, 0.2) is 53.0 Å². The van der Waals surface area contributed by atoms with E-state index in [1.54, 1.807) is 37.5 Å². The number of nitrogens with zero attached hydrogens (tertiary/aromatic N) is 2. The predicted octanol–water partition coefficient (Wildman–Crippen LogP) is 7.59. The molecule has 0 aliphatic rings. The van der Waals surface area contributed by atoms with Crippen LogP contribution in [-0.4, -0.2) is 17.1 Å². The highest BCUT2D eigenvalue weighted by molar-refractivity contribution is 9.10. The molecule has 0 spiro atoms. The molecule has 5 nitrogen and oxygen atoms in total. The molecule has 0 fully saturated rings. The van der Waals surface area contributed by atoms with E-state index in [2.05, 4.69) is 32.0 Å². The van der Waals surface area contributed by atoms with E-state index in [1.165, 1.54) is 0 Å². The number of halogens is 3. The number of nitrogens with one attached hydrogen (secondary N) is 1. The van der Waals surface area contributed by atoms with E-state index in [4.69, 9.17) is 32.7 Å². The Morgan fingerprint density at radius 1 is 1.12 bits per heavy atom. The van der Waals surface area contributed by atoms with Gasteiger partial charge in [-0.3, -0.25) is 0 Å². The molecule has 1 heterocycles. The lowest BCUT2D eigenvalue weighted by molar-refractivity contribution is 0.284. The number of methoxy groups -OCH3 is 1. The normalized spacial score (nSPS) is 11.5. The molecule has 0 aliphatic heterocycles. The molecule has 1 N–H and O–H groups in total. The number of aromatic nitrogens is 2. The zero-order valence-corrected chi connectivity index (χ0v) is 20.8. The van der Waals surface area contributed by atoms with Gasteiger partial charge in [0.25, 0.3) is 0 Å². The van der Waals surface area contributed by atoms with Crippen molar-refractivity contribution >= 4 is 61.8 Å². The van der Waals surface area contributed by atoms with Gasteiger partial charge in [0.2, 0.25) is 0 Å². The van der Waals surface area contributed by atoms with E-state index in [-0.39, 0.29) is 6.61 Å². The molecule has 0 amide bonds. The molecule has 0 bridgehead atoms. The van der Waals surface area contributed by atoms with Crippen molar-refractivity contribution in [1.29, 1.82) is 5.26 Å². The van der Waals surface area contributed by atoms with Gasteiger partial charge < -0.3 is 14.5 Å². The standard InChI is InChI=1S/C25H18BrCl2N3O2/c1-14-3-6-21-22(7-14)31-25(30-21)17(12-29)9-16-10-23(32-2)24(11-18(16)26)33-13-15-4-5-19(27)20(28)8-15/h3-11H,13H2,1-2H3,(H,30,31)/b17-9-. The summed E-state index contributed by atoms with van der Waals surface area (Å²) in [6, 6.07) is 17.1. The molecule has 0 saturated heterocycles. The van der Waals surface area contributed by atoms with Crippen molar-refractivity contribution in [3.63, 3.8) is 0 Å². The molecular formula is C25H18BrCl2N3O2. The quantitative estimate of drug-likeness (QED) is 0.255. The van der Waals surface area contributed by atoms with Crippen LogP contribution in [0, 0.1) is 18.3 Å². The van der Waals surface area contributed by atoms with Gasteiger partial charge in [0, 0.05) is 4.47 Å². The number of ether oxygens (including phenoxy) is 2. The number of H-pyrrole nitrogens is 1. The van der Waals surface area contributed by atoms with E-state index in [9.17, 15) is 5.26 Å². The monoisotopic (exact) mass is 541 g/mol. The zero-order valence-electron chi connectivity index (χ0n) is 17.7. The summed E-state index contributed by atoms with van der Waals surface area (Å²) in [5.74, 6) is 1.58. The number of aryl methyl sites for hydroxylation is 1. The Balaban J connectivity index is 1.63. The van der Waals surface area contributed by atoms with Crippen molar-refractivity contribution in [3.05, 3.63) is 85.6 Å². The third-order valence-corrected chi connectivity index (χ3v) is 6.40. The van der Waals surface area contributed by atoms with Crippen molar-refractivity contribution < 1.29 is 9.47 Å². The molecule has 0 saturated carbocycles. The van der Waals surface area contributed by atoms with Crippen LogP contribution in [0.2, 0.25) is 10.0 Å². The van der Waals surface area contributed by atoms with Crippen LogP contribution < -0.4 is 9.47 Å². The lowest BCUT2D eigenvalue weighted by atomic mass is 10.1. The Kier molecular flexibility index (Phi) is 6.94. The van der Waals surface area contributed by atoms with Crippen molar-refractivity contribution in [2.45, 2.75) is 13.5 Å². The molecule has 1 aromatic heterocycles. The molecule has 166 valence electrons.